The number of hydrogen-bond acceptors (Lipinski definition) is 4. The lowest BCUT2D eigenvalue weighted by atomic mass is 10.00. The van der Waals surface area contributed by atoms with Crippen LogP contribution in [0.3, 0.4) is 0 Å². The van der Waals surface area contributed by atoms with Gasteiger partial charge in [-0.05, 0) is 25.0 Å². The average Bonchev–Trinajstić information content (AvgIpc) is 2.55. The summed E-state index contributed by atoms with van der Waals surface area (Å²) in [5.74, 6) is 0.730. The number of nitrogens with one attached hydrogen (secondary N) is 2. The van der Waals surface area contributed by atoms with Crippen LogP contribution in [-0.2, 0) is 0 Å². The number of aliphatic hydroxyl groups is 1. The second-order valence-corrected chi connectivity index (χ2v) is 6.49. The van der Waals surface area contributed by atoms with Gasteiger partial charge in [-0.2, -0.15) is 5.26 Å². The largest absolute Gasteiger partial charge is 0.506 e. The fourth-order valence-electron chi connectivity index (χ4n) is 3.34. The summed E-state index contributed by atoms with van der Waals surface area (Å²) in [6, 6.07) is 8.94. The number of aliphatic hydroxyl groups excluding tert-OH is 1. The smallest absolute Gasteiger partial charge is 0.259 e. The van der Waals surface area contributed by atoms with Crippen LogP contribution in [0.1, 0.15) is 25.6 Å². The molecule has 1 aliphatic rings. The van der Waals surface area contributed by atoms with Crippen LogP contribution in [0.4, 0.5) is 0 Å². The van der Waals surface area contributed by atoms with Crippen molar-refractivity contribution in [1.29, 1.82) is 5.26 Å². The van der Waals surface area contributed by atoms with Gasteiger partial charge in [0.05, 0.1) is 24.0 Å². The number of aromatic amines is 1. The number of H-pyrrole nitrogens is 1. The minimum atomic E-state index is -0.310. The molecule has 3 N–H and O–H groups in total. The second-order valence-electron chi connectivity index (χ2n) is 6.49. The Bertz CT molecular complexity index is 878. The van der Waals surface area contributed by atoms with Crippen LogP contribution >= 0.6 is 0 Å². The highest BCUT2D eigenvalue weighted by atomic mass is 16.3. The molecule has 2 atom stereocenters. The minimum absolute atomic E-state index is 0.0139. The molecular weight excluding hydrogens is 304 g/mol. The predicted molar refractivity (Wildman–Crippen MR) is 91.5 cm³/mol. The lowest BCUT2D eigenvalue weighted by Gasteiger charge is -2.27. The number of para-hydroxylation sites is 1. The van der Waals surface area contributed by atoms with Crippen molar-refractivity contribution in [2.45, 2.75) is 19.8 Å². The molecule has 1 fully saturated rings. The highest BCUT2D eigenvalue weighted by Gasteiger charge is 2.23. The van der Waals surface area contributed by atoms with Gasteiger partial charge < -0.3 is 15.0 Å². The van der Waals surface area contributed by atoms with Crippen LogP contribution in [0.25, 0.3) is 16.5 Å². The molecule has 24 heavy (non-hydrogen) atoms. The van der Waals surface area contributed by atoms with Gasteiger partial charge in [-0.3, -0.25) is 4.79 Å². The van der Waals surface area contributed by atoms with E-state index in [0.29, 0.717) is 23.4 Å². The zero-order valence-corrected chi connectivity index (χ0v) is 13.7. The molecule has 1 saturated heterocycles. The SMILES string of the molecule is CC1CCC[NH+](CC(O)=C(C#N)c2nc3ccccc3c(=O)[nH]2)C1. The van der Waals surface area contributed by atoms with E-state index < -0.39 is 0 Å². The number of nitrogens with zero attached hydrogens (tertiary/aromatic N) is 2. The maximum Gasteiger partial charge on any atom is 0.259 e. The first-order valence-electron chi connectivity index (χ1n) is 8.23. The first kappa shape index (κ1) is 16.2. The number of quaternary nitrogens is 1. The molecule has 2 unspecified atom stereocenters. The number of rotatable bonds is 3. The molecule has 2 heterocycles. The van der Waals surface area contributed by atoms with Gasteiger partial charge in [0.15, 0.2) is 11.6 Å². The predicted octanol–water partition coefficient (Wildman–Crippen LogP) is 1.03. The van der Waals surface area contributed by atoms with E-state index in [1.165, 1.54) is 11.3 Å². The van der Waals surface area contributed by atoms with Gasteiger partial charge in [0.2, 0.25) is 0 Å². The Balaban J connectivity index is 1.95. The third-order valence-electron chi connectivity index (χ3n) is 4.53. The molecule has 0 radical (unpaired) electrons. The maximum absolute atomic E-state index is 12.2. The van der Waals surface area contributed by atoms with Crippen molar-refractivity contribution >= 4 is 16.5 Å². The number of allylic oxidation sites excluding steroid dienone is 1. The number of benzene rings is 1. The van der Waals surface area contributed by atoms with Gasteiger partial charge in [0.1, 0.15) is 18.2 Å². The Morgan fingerprint density at radius 2 is 2.29 bits per heavy atom. The standard InChI is InChI=1S/C18H20N4O2/c1-12-5-4-8-22(10-12)11-16(23)14(9-19)17-20-15-7-3-2-6-13(15)18(24)21-17/h2-3,6-7,12,23H,4-5,8,10-11H2,1H3,(H,20,21,24)/p+1. The van der Waals surface area contributed by atoms with Gasteiger partial charge >= 0.3 is 0 Å². The van der Waals surface area contributed by atoms with Crippen LogP contribution in [-0.4, -0.2) is 34.7 Å². The minimum Gasteiger partial charge on any atom is -0.506 e. The number of fused-ring (bicyclic) bond motifs is 1. The van der Waals surface area contributed by atoms with Crippen molar-refractivity contribution in [3.63, 3.8) is 0 Å². The Morgan fingerprint density at radius 1 is 1.50 bits per heavy atom. The lowest BCUT2D eigenvalue weighted by molar-refractivity contribution is -0.905. The number of piperidine rings is 1. The zero-order valence-electron chi connectivity index (χ0n) is 13.7. The van der Waals surface area contributed by atoms with E-state index in [0.717, 1.165) is 19.5 Å². The molecule has 0 saturated carbocycles. The summed E-state index contributed by atoms with van der Waals surface area (Å²) in [4.78, 5) is 20.4. The summed E-state index contributed by atoms with van der Waals surface area (Å²) < 4.78 is 0. The van der Waals surface area contributed by atoms with E-state index in [4.69, 9.17) is 0 Å². The quantitative estimate of drug-likeness (QED) is 0.580. The number of aromatic nitrogens is 2. The summed E-state index contributed by atoms with van der Waals surface area (Å²) in [6.07, 6.45) is 2.33. The first-order chi connectivity index (χ1) is 11.6. The van der Waals surface area contributed by atoms with Crippen LogP contribution in [0.15, 0.2) is 34.8 Å². The van der Waals surface area contributed by atoms with Crippen molar-refractivity contribution in [2.75, 3.05) is 19.6 Å². The molecule has 0 bridgehead atoms. The van der Waals surface area contributed by atoms with E-state index in [9.17, 15) is 15.2 Å². The van der Waals surface area contributed by atoms with Crippen molar-refractivity contribution < 1.29 is 10.0 Å². The second kappa shape index (κ2) is 6.85. The summed E-state index contributed by atoms with van der Waals surface area (Å²) in [5, 5.41) is 20.4. The Kier molecular flexibility index (Phi) is 4.63. The van der Waals surface area contributed by atoms with Crippen molar-refractivity contribution in [3.05, 3.63) is 46.2 Å². The van der Waals surface area contributed by atoms with Crippen molar-refractivity contribution in [2.24, 2.45) is 5.92 Å². The molecule has 1 aromatic carbocycles. The van der Waals surface area contributed by atoms with E-state index in [2.05, 4.69) is 16.9 Å². The summed E-state index contributed by atoms with van der Waals surface area (Å²) in [5.41, 5.74) is 0.245. The van der Waals surface area contributed by atoms with E-state index in [1.807, 2.05) is 6.07 Å². The molecule has 1 aliphatic heterocycles. The monoisotopic (exact) mass is 325 g/mol. The zero-order chi connectivity index (χ0) is 17.1. The lowest BCUT2D eigenvalue weighted by Crippen LogP contribution is -3.13. The van der Waals surface area contributed by atoms with E-state index in [1.54, 1.807) is 24.3 Å². The molecule has 124 valence electrons. The average molecular weight is 325 g/mol. The van der Waals surface area contributed by atoms with Crippen LogP contribution < -0.4 is 10.5 Å². The van der Waals surface area contributed by atoms with Crippen LogP contribution in [0, 0.1) is 17.2 Å². The maximum atomic E-state index is 12.2. The fourth-order valence-corrected chi connectivity index (χ4v) is 3.34. The third-order valence-corrected chi connectivity index (χ3v) is 4.53. The van der Waals surface area contributed by atoms with Crippen LogP contribution in [0.2, 0.25) is 0 Å². The Hall–Kier alpha value is -2.65. The molecular formula is C18H21N4O2+. The highest BCUT2D eigenvalue weighted by Crippen LogP contribution is 2.14. The van der Waals surface area contributed by atoms with Crippen molar-refractivity contribution in [1.82, 2.24) is 9.97 Å². The summed E-state index contributed by atoms with van der Waals surface area (Å²) in [6.45, 7) is 4.54. The van der Waals surface area contributed by atoms with Crippen LogP contribution in [0.5, 0.6) is 0 Å². The van der Waals surface area contributed by atoms with E-state index in [-0.39, 0.29) is 22.7 Å². The van der Waals surface area contributed by atoms with Gasteiger partial charge in [0, 0.05) is 5.92 Å². The number of likely N-dealkylation sites (tertiary alicyclic amines) is 1. The third kappa shape index (κ3) is 3.31. The molecule has 3 rings (SSSR count). The Morgan fingerprint density at radius 3 is 3.04 bits per heavy atom. The molecule has 0 aliphatic carbocycles. The highest BCUT2D eigenvalue weighted by molar-refractivity contribution is 5.81. The van der Waals surface area contributed by atoms with Gasteiger partial charge in [-0.1, -0.05) is 19.1 Å². The fraction of sp³-hybridized carbons (Fsp3) is 0.389. The summed E-state index contributed by atoms with van der Waals surface area (Å²) >= 11 is 0. The Labute approximate surface area is 140 Å². The van der Waals surface area contributed by atoms with Gasteiger partial charge in [0.25, 0.3) is 5.56 Å². The molecule has 6 heteroatoms. The molecule has 0 spiro atoms. The summed E-state index contributed by atoms with van der Waals surface area (Å²) in [7, 11) is 0. The normalized spacial score (nSPS) is 22.0. The molecule has 1 aromatic heterocycles. The topological polar surface area (TPSA) is 94.2 Å². The van der Waals surface area contributed by atoms with Crippen molar-refractivity contribution in [3.8, 4) is 6.07 Å². The van der Waals surface area contributed by atoms with Gasteiger partial charge in [-0.15, -0.1) is 0 Å². The molecule has 6 nitrogen and oxygen atoms in total. The van der Waals surface area contributed by atoms with Gasteiger partial charge in [-0.25, -0.2) is 4.98 Å². The first-order valence-corrected chi connectivity index (χ1v) is 8.23. The molecule has 0 amide bonds. The molecule has 2 aromatic rings. The number of nitriles is 1. The number of hydrogen-bond donors (Lipinski definition) is 3. The van der Waals surface area contributed by atoms with E-state index >= 15 is 0 Å².